The molecule has 7 nitrogen and oxygen atoms in total. The van der Waals surface area contributed by atoms with Gasteiger partial charge in [-0.1, -0.05) is 0 Å². The lowest BCUT2D eigenvalue weighted by atomic mass is 10.1. The molecule has 0 aliphatic rings. The number of amides is 1. The highest BCUT2D eigenvalue weighted by Gasteiger charge is 2.15. The zero-order valence-electron chi connectivity index (χ0n) is 12.0. The summed E-state index contributed by atoms with van der Waals surface area (Å²) < 4.78 is 15.5. The average molecular weight is 295 g/mol. The van der Waals surface area contributed by atoms with Crippen LogP contribution in [0.15, 0.2) is 17.7 Å². The van der Waals surface area contributed by atoms with E-state index < -0.39 is 18.3 Å². The number of aliphatic carboxylic acids is 1. The third-order valence-corrected chi connectivity index (χ3v) is 2.69. The van der Waals surface area contributed by atoms with Crippen LogP contribution in [0.3, 0.4) is 0 Å². The summed E-state index contributed by atoms with van der Waals surface area (Å²) in [7, 11) is 4.38. The second-order valence-electron chi connectivity index (χ2n) is 4.06. The van der Waals surface area contributed by atoms with Crippen LogP contribution in [0.1, 0.15) is 12.0 Å². The number of hydrogen-bond acceptors (Lipinski definition) is 5. The fourth-order valence-corrected chi connectivity index (χ4v) is 1.76. The molecule has 0 bridgehead atoms. The fraction of sp³-hybridized carbons (Fsp3) is 0.286. The fourth-order valence-electron chi connectivity index (χ4n) is 1.76. The van der Waals surface area contributed by atoms with E-state index in [-0.39, 0.29) is 5.57 Å². The molecule has 0 saturated heterocycles. The van der Waals surface area contributed by atoms with Gasteiger partial charge in [-0.2, -0.15) is 0 Å². The molecule has 0 aliphatic heterocycles. The molecule has 0 aromatic heterocycles. The second kappa shape index (κ2) is 7.18. The molecule has 0 radical (unpaired) electrons. The van der Waals surface area contributed by atoms with Crippen molar-refractivity contribution in [2.45, 2.75) is 6.42 Å². The van der Waals surface area contributed by atoms with Crippen LogP contribution in [0.5, 0.6) is 17.2 Å². The Morgan fingerprint density at radius 2 is 1.67 bits per heavy atom. The maximum atomic E-state index is 11.3. The first-order valence-corrected chi connectivity index (χ1v) is 5.95. The van der Waals surface area contributed by atoms with Gasteiger partial charge in [0.2, 0.25) is 11.7 Å². The molecular weight excluding hydrogens is 278 g/mol. The molecule has 1 amide bonds. The van der Waals surface area contributed by atoms with E-state index in [1.54, 1.807) is 12.1 Å². The minimum absolute atomic E-state index is 0.0308. The van der Waals surface area contributed by atoms with Crippen molar-refractivity contribution in [2.24, 2.45) is 5.73 Å². The zero-order valence-corrected chi connectivity index (χ0v) is 12.0. The van der Waals surface area contributed by atoms with Gasteiger partial charge in [-0.25, -0.2) is 0 Å². The van der Waals surface area contributed by atoms with E-state index in [1.165, 1.54) is 27.4 Å². The number of nitrogens with two attached hydrogens (primary N) is 1. The molecule has 0 fully saturated rings. The van der Waals surface area contributed by atoms with Crippen molar-refractivity contribution >= 4 is 18.0 Å². The Morgan fingerprint density at radius 3 is 2.00 bits per heavy atom. The summed E-state index contributed by atoms with van der Waals surface area (Å²) in [5, 5.41) is 8.78. The van der Waals surface area contributed by atoms with Crippen molar-refractivity contribution in [2.75, 3.05) is 21.3 Å². The van der Waals surface area contributed by atoms with Crippen LogP contribution in [0.4, 0.5) is 0 Å². The lowest BCUT2D eigenvalue weighted by Crippen LogP contribution is -2.16. The van der Waals surface area contributed by atoms with Gasteiger partial charge in [0.1, 0.15) is 0 Å². The number of methoxy groups -OCH3 is 3. The first-order chi connectivity index (χ1) is 9.92. The number of carbonyl (C=O) groups excluding carboxylic acids is 1. The number of ether oxygens (including phenoxy) is 3. The predicted molar refractivity (Wildman–Crippen MR) is 75.5 cm³/mol. The summed E-state index contributed by atoms with van der Waals surface area (Å²) in [6.45, 7) is 0. The summed E-state index contributed by atoms with van der Waals surface area (Å²) >= 11 is 0. The lowest BCUT2D eigenvalue weighted by molar-refractivity contribution is -0.136. The SMILES string of the molecule is COc1cc(C=C(CC(=O)O)C(N)=O)cc(OC)c1OC. The Labute approximate surface area is 121 Å². The zero-order chi connectivity index (χ0) is 16.0. The van der Waals surface area contributed by atoms with E-state index in [4.69, 9.17) is 25.1 Å². The van der Waals surface area contributed by atoms with Crippen LogP contribution in [0, 0.1) is 0 Å². The van der Waals surface area contributed by atoms with Gasteiger partial charge >= 0.3 is 5.97 Å². The molecule has 0 unspecified atom stereocenters. The maximum absolute atomic E-state index is 11.3. The summed E-state index contributed by atoms with van der Waals surface area (Å²) in [6.07, 6.45) is 0.910. The van der Waals surface area contributed by atoms with Crippen molar-refractivity contribution < 1.29 is 28.9 Å². The third-order valence-electron chi connectivity index (χ3n) is 2.69. The number of primary amides is 1. The third kappa shape index (κ3) is 4.13. The van der Waals surface area contributed by atoms with Crippen molar-refractivity contribution in [3.05, 3.63) is 23.3 Å². The largest absolute Gasteiger partial charge is 0.493 e. The van der Waals surface area contributed by atoms with Crippen molar-refractivity contribution in [1.29, 1.82) is 0 Å². The second-order valence-corrected chi connectivity index (χ2v) is 4.06. The molecule has 1 aromatic rings. The molecule has 0 heterocycles. The van der Waals surface area contributed by atoms with Crippen LogP contribution >= 0.6 is 0 Å². The van der Waals surface area contributed by atoms with Crippen molar-refractivity contribution in [3.8, 4) is 17.2 Å². The van der Waals surface area contributed by atoms with E-state index in [2.05, 4.69) is 0 Å². The minimum Gasteiger partial charge on any atom is -0.493 e. The van der Waals surface area contributed by atoms with Gasteiger partial charge in [0.05, 0.1) is 27.8 Å². The molecule has 0 atom stereocenters. The summed E-state index contributed by atoms with van der Waals surface area (Å²) in [5.41, 5.74) is 5.65. The summed E-state index contributed by atoms with van der Waals surface area (Å²) in [6, 6.07) is 3.18. The summed E-state index contributed by atoms with van der Waals surface area (Å²) in [4.78, 5) is 22.0. The number of benzene rings is 1. The topological polar surface area (TPSA) is 108 Å². The number of carbonyl (C=O) groups is 2. The van der Waals surface area contributed by atoms with Crippen LogP contribution in [-0.2, 0) is 9.59 Å². The molecule has 0 aliphatic carbocycles. The van der Waals surface area contributed by atoms with E-state index in [0.29, 0.717) is 22.8 Å². The molecule has 114 valence electrons. The molecular formula is C14H17NO6. The lowest BCUT2D eigenvalue weighted by Gasteiger charge is -2.13. The van der Waals surface area contributed by atoms with E-state index in [0.717, 1.165) is 0 Å². The Kier molecular flexibility index (Phi) is 5.59. The van der Waals surface area contributed by atoms with E-state index in [9.17, 15) is 9.59 Å². The molecule has 7 heteroatoms. The first-order valence-electron chi connectivity index (χ1n) is 5.95. The van der Waals surface area contributed by atoms with Gasteiger partial charge in [-0.3, -0.25) is 9.59 Å². The number of carboxylic acid groups (broad SMARTS) is 1. The number of hydrogen-bond donors (Lipinski definition) is 2. The highest BCUT2D eigenvalue weighted by atomic mass is 16.5. The van der Waals surface area contributed by atoms with Gasteiger partial charge in [-0.15, -0.1) is 0 Å². The standard InChI is InChI=1S/C14H17NO6/c1-19-10-5-8(6-11(20-2)13(10)21-3)4-9(14(15)18)7-12(16)17/h4-6H,7H2,1-3H3,(H2,15,18)(H,16,17). The van der Waals surface area contributed by atoms with Crippen LogP contribution < -0.4 is 19.9 Å². The minimum atomic E-state index is -1.15. The average Bonchev–Trinajstić information content (AvgIpc) is 2.44. The van der Waals surface area contributed by atoms with Crippen LogP contribution in [-0.4, -0.2) is 38.3 Å². The van der Waals surface area contributed by atoms with Crippen LogP contribution in [0.25, 0.3) is 6.08 Å². The molecule has 0 spiro atoms. The predicted octanol–water partition coefficient (Wildman–Crippen LogP) is 1.06. The van der Waals surface area contributed by atoms with Gasteiger partial charge in [0, 0.05) is 5.57 Å². The monoisotopic (exact) mass is 295 g/mol. The van der Waals surface area contributed by atoms with E-state index in [1.807, 2.05) is 0 Å². The van der Waals surface area contributed by atoms with E-state index >= 15 is 0 Å². The van der Waals surface area contributed by atoms with Gasteiger partial charge in [0.25, 0.3) is 0 Å². The normalized spacial score (nSPS) is 10.9. The quantitative estimate of drug-likeness (QED) is 0.728. The van der Waals surface area contributed by atoms with Gasteiger partial charge in [-0.05, 0) is 23.8 Å². The molecule has 1 rings (SSSR count). The number of carboxylic acids is 1. The first kappa shape index (κ1) is 16.4. The number of rotatable bonds is 7. The Morgan fingerprint density at radius 1 is 1.14 bits per heavy atom. The summed E-state index contributed by atoms with van der Waals surface area (Å²) in [5.74, 6) is -0.765. The van der Waals surface area contributed by atoms with Gasteiger partial charge < -0.3 is 25.1 Å². The van der Waals surface area contributed by atoms with Crippen molar-refractivity contribution in [3.63, 3.8) is 0 Å². The molecule has 21 heavy (non-hydrogen) atoms. The highest BCUT2D eigenvalue weighted by Crippen LogP contribution is 2.38. The van der Waals surface area contributed by atoms with Crippen LogP contribution in [0.2, 0.25) is 0 Å². The molecule has 0 saturated carbocycles. The Hall–Kier alpha value is -2.70. The van der Waals surface area contributed by atoms with Crippen molar-refractivity contribution in [1.82, 2.24) is 0 Å². The Balaban J connectivity index is 3.35. The highest BCUT2D eigenvalue weighted by molar-refractivity contribution is 6.00. The molecule has 3 N–H and O–H groups in total. The van der Waals surface area contributed by atoms with Gasteiger partial charge in [0.15, 0.2) is 11.5 Å². The molecule has 1 aromatic carbocycles. The smallest absolute Gasteiger partial charge is 0.308 e. The maximum Gasteiger partial charge on any atom is 0.308 e. The Bertz CT molecular complexity index is 554.